The summed E-state index contributed by atoms with van der Waals surface area (Å²) in [7, 11) is -27.3. The highest BCUT2D eigenvalue weighted by atomic mass is 31.3. The molecule has 0 bridgehead atoms. The summed E-state index contributed by atoms with van der Waals surface area (Å²) in [6.07, 6.45) is -10.9. The molecule has 2 aromatic heterocycles. The van der Waals surface area contributed by atoms with Gasteiger partial charge in [-0.1, -0.05) is 0 Å². The van der Waals surface area contributed by atoms with Gasteiger partial charge in [-0.05, 0) is 0 Å². The molecular formula is C18H29N4O27P5. The van der Waals surface area contributed by atoms with Gasteiger partial charge in [0.15, 0.2) is 12.5 Å². The van der Waals surface area contributed by atoms with Crippen molar-refractivity contribution in [3.63, 3.8) is 0 Å². The van der Waals surface area contributed by atoms with Crippen LogP contribution in [-0.2, 0) is 54.3 Å². The summed E-state index contributed by atoms with van der Waals surface area (Å²) in [5, 5.41) is 39.7. The zero-order chi connectivity index (χ0) is 41.2. The van der Waals surface area contributed by atoms with Crippen LogP contribution in [0.15, 0.2) is 43.7 Å². The molecule has 36 heteroatoms. The minimum absolute atomic E-state index is 0.704. The third-order valence-corrected chi connectivity index (χ3v) is 12.3. The Balaban J connectivity index is 0.000000294. The fourth-order valence-electron chi connectivity index (χ4n) is 4.25. The van der Waals surface area contributed by atoms with Crippen molar-refractivity contribution in [2.75, 3.05) is 13.2 Å². The number of aliphatic hydroxyl groups is 4. The molecular weight excluding hydrogens is 859 g/mol. The maximum absolute atomic E-state index is 11.7. The van der Waals surface area contributed by atoms with Crippen molar-refractivity contribution in [1.82, 2.24) is 19.1 Å². The van der Waals surface area contributed by atoms with E-state index in [1.807, 2.05) is 9.97 Å². The molecule has 13 N–H and O–H groups in total. The Labute approximate surface area is 295 Å². The average Bonchev–Trinajstić information content (AvgIpc) is 3.42. The quantitative estimate of drug-likeness (QED) is 0.0789. The third kappa shape index (κ3) is 13.5. The van der Waals surface area contributed by atoms with E-state index in [2.05, 4.69) is 22.0 Å². The lowest BCUT2D eigenvalue weighted by Gasteiger charge is -2.19. The van der Waals surface area contributed by atoms with Gasteiger partial charge in [0.1, 0.15) is 36.6 Å². The van der Waals surface area contributed by atoms with Crippen LogP contribution < -0.4 is 22.5 Å². The molecule has 2 aliphatic rings. The number of hydrogen-bond donors (Lipinski definition) is 13. The van der Waals surface area contributed by atoms with E-state index in [-0.39, 0.29) is 0 Å². The summed E-state index contributed by atoms with van der Waals surface area (Å²) < 4.78 is 86.2. The first-order valence-corrected chi connectivity index (χ1v) is 21.2. The second-order valence-electron chi connectivity index (χ2n) is 10.4. The second kappa shape index (κ2) is 17.5. The molecule has 0 spiro atoms. The molecule has 0 aromatic carbocycles. The highest BCUT2D eigenvalue weighted by Crippen LogP contribution is 2.66. The van der Waals surface area contributed by atoms with E-state index >= 15 is 0 Å². The number of rotatable bonds is 14. The number of aliphatic hydroxyl groups excluding tert-OH is 4. The summed E-state index contributed by atoms with van der Waals surface area (Å²) in [5.74, 6) is 0. The van der Waals surface area contributed by atoms with Gasteiger partial charge in [-0.3, -0.25) is 37.7 Å². The van der Waals surface area contributed by atoms with Gasteiger partial charge in [-0.25, -0.2) is 32.4 Å². The van der Waals surface area contributed by atoms with Crippen LogP contribution in [0.3, 0.4) is 0 Å². The predicted molar refractivity (Wildman–Crippen MR) is 163 cm³/mol. The van der Waals surface area contributed by atoms with Gasteiger partial charge in [0.2, 0.25) is 0 Å². The average molecular weight is 888 g/mol. The van der Waals surface area contributed by atoms with E-state index in [1.54, 1.807) is 0 Å². The van der Waals surface area contributed by atoms with Crippen molar-refractivity contribution >= 4 is 39.1 Å². The van der Waals surface area contributed by atoms with Gasteiger partial charge in [-0.15, -0.1) is 0 Å². The molecule has 2 aliphatic heterocycles. The van der Waals surface area contributed by atoms with E-state index < -0.39 is 124 Å². The Morgan fingerprint density at radius 3 is 1.22 bits per heavy atom. The number of H-pyrrole nitrogens is 2. The summed E-state index contributed by atoms with van der Waals surface area (Å²) in [6.45, 7) is -1.95. The third-order valence-electron chi connectivity index (χ3n) is 6.35. The van der Waals surface area contributed by atoms with Gasteiger partial charge in [-0.2, -0.15) is 12.9 Å². The molecule has 2 fully saturated rings. The van der Waals surface area contributed by atoms with Gasteiger partial charge < -0.3 is 64.2 Å². The lowest BCUT2D eigenvalue weighted by Crippen LogP contribution is -2.37. The summed E-state index contributed by atoms with van der Waals surface area (Å²) >= 11 is 0. The number of ether oxygens (including phenoxy) is 2. The maximum Gasteiger partial charge on any atom is 0.490 e. The smallest absolute Gasteiger partial charge is 0.387 e. The Morgan fingerprint density at radius 1 is 0.556 bits per heavy atom. The lowest BCUT2D eigenvalue weighted by molar-refractivity contribution is -0.0542. The monoisotopic (exact) mass is 888 g/mol. The molecule has 308 valence electrons. The predicted octanol–water partition coefficient (Wildman–Crippen LogP) is -5.12. The Hall–Kier alpha value is -2.21. The number of phosphoric ester groups is 2. The Kier molecular flexibility index (Phi) is 15.0. The van der Waals surface area contributed by atoms with Crippen LogP contribution in [0, 0.1) is 0 Å². The zero-order valence-corrected chi connectivity index (χ0v) is 30.4. The molecule has 54 heavy (non-hydrogen) atoms. The van der Waals surface area contributed by atoms with E-state index in [4.69, 9.17) is 38.8 Å². The van der Waals surface area contributed by atoms with Crippen LogP contribution in [0.5, 0.6) is 0 Å². The molecule has 0 amide bonds. The molecule has 0 radical (unpaired) electrons. The lowest BCUT2D eigenvalue weighted by atomic mass is 10.1. The molecule has 31 nitrogen and oxygen atoms in total. The summed E-state index contributed by atoms with van der Waals surface area (Å²) in [6, 6.07) is 1.88. The van der Waals surface area contributed by atoms with Crippen LogP contribution in [0.2, 0.25) is 0 Å². The fraction of sp³-hybridized carbons (Fsp3) is 0.556. The van der Waals surface area contributed by atoms with Crippen molar-refractivity contribution in [3.05, 3.63) is 66.2 Å². The normalized spacial score (nSPS) is 29.4. The van der Waals surface area contributed by atoms with Crippen molar-refractivity contribution in [3.8, 4) is 0 Å². The number of nitrogens with one attached hydrogen (secondary N) is 2. The second-order valence-corrected chi connectivity index (χ2v) is 17.6. The zero-order valence-electron chi connectivity index (χ0n) is 25.9. The number of phosphoric acid groups is 5. The first-order valence-electron chi connectivity index (χ1n) is 13.7. The van der Waals surface area contributed by atoms with Gasteiger partial charge >= 0.3 is 50.5 Å². The minimum Gasteiger partial charge on any atom is -0.387 e. The number of aromatic amines is 2. The largest absolute Gasteiger partial charge is 0.490 e. The molecule has 0 saturated carbocycles. The standard InChI is InChI=1S/C9H15N2O15P3.C9H14N2O12P2/c12-5-1-2-11(9(15)10-5)8-7(14)6(13)4(24-8)3-23-28(19,20)26-29(21,22)25-27(16,17)18;12-5-1-2-11(9(15)10-5)8-7(14)6(13)4(22-8)3-21-25(19,20)23-24(16,17)18/h1-2,4,6-8,13-14H,3H2,(H,19,20)(H,21,22)(H,10,12,15)(H2,16,17,18);1-2,4,6-8,13-14H,3H2,(H,19,20)(H,10,12,15)(H2,16,17,18)/t4-,6-,7+,8+;4-,6-,7-,8-/m01/s1. The molecule has 4 rings (SSSR count). The number of nitrogens with zero attached hydrogens (tertiary/aromatic N) is 2. The van der Waals surface area contributed by atoms with Crippen LogP contribution >= 0.6 is 39.1 Å². The van der Waals surface area contributed by atoms with Crippen LogP contribution in [0.25, 0.3) is 0 Å². The maximum atomic E-state index is 11.7. The van der Waals surface area contributed by atoms with Crippen LogP contribution in [0.1, 0.15) is 12.5 Å². The highest BCUT2D eigenvalue weighted by Gasteiger charge is 2.48. The van der Waals surface area contributed by atoms with Gasteiger partial charge in [0.25, 0.3) is 11.1 Å². The molecule has 11 atom stereocenters. The first-order chi connectivity index (χ1) is 24.5. The Morgan fingerprint density at radius 2 is 0.889 bits per heavy atom. The van der Waals surface area contributed by atoms with E-state index in [9.17, 15) is 67.3 Å². The van der Waals surface area contributed by atoms with Gasteiger partial charge in [0.05, 0.1) is 13.2 Å². The number of aromatic nitrogens is 4. The minimum atomic E-state index is -5.73. The summed E-state index contributed by atoms with van der Waals surface area (Å²) in [5.41, 5.74) is -3.39. The van der Waals surface area contributed by atoms with Gasteiger partial charge in [0, 0.05) is 24.5 Å². The molecule has 3 unspecified atom stereocenters. The van der Waals surface area contributed by atoms with Crippen LogP contribution in [-0.4, -0.2) is 124 Å². The molecule has 2 saturated heterocycles. The molecule has 4 heterocycles. The van der Waals surface area contributed by atoms with E-state index in [0.29, 0.717) is 4.57 Å². The van der Waals surface area contributed by atoms with Crippen molar-refractivity contribution in [1.29, 1.82) is 0 Å². The summed E-state index contributed by atoms with van der Waals surface area (Å²) in [4.78, 5) is 111. The first kappa shape index (κ1) is 46.2. The Bertz CT molecular complexity index is 2120. The molecule has 2 aromatic rings. The highest BCUT2D eigenvalue weighted by molar-refractivity contribution is 7.66. The topological polar surface area (TPSA) is 482 Å². The molecule has 0 aliphatic carbocycles. The van der Waals surface area contributed by atoms with Crippen LogP contribution in [0.4, 0.5) is 0 Å². The van der Waals surface area contributed by atoms with Crippen molar-refractivity contribution in [2.24, 2.45) is 0 Å². The van der Waals surface area contributed by atoms with E-state index in [0.717, 1.165) is 29.1 Å². The van der Waals surface area contributed by atoms with E-state index in [1.165, 1.54) is 0 Å². The fourth-order valence-corrected chi connectivity index (χ4v) is 8.87. The SMILES string of the molecule is O=c1ccn([C@@H]2O[C@@H](COP(=O)(O)OP(=O)(O)OP(=O)(O)O)[C@H](O)[C@H]2O)c(=O)[nH]1.O=c1ccn([C@@H]2O[C@H](COP(=O)(O)OP(=O)(O)O)[C@@H](O)[C@H]2O)c(=O)[nH]1. The van der Waals surface area contributed by atoms with Crippen molar-refractivity contribution < 1.29 is 109 Å². The number of hydrogen-bond acceptors (Lipinski definition) is 20. The van der Waals surface area contributed by atoms with Crippen molar-refractivity contribution in [2.45, 2.75) is 49.1 Å².